The lowest BCUT2D eigenvalue weighted by atomic mass is 9.95. The zero-order valence-corrected chi connectivity index (χ0v) is 19.6. The van der Waals surface area contributed by atoms with Gasteiger partial charge in [-0.15, -0.1) is 0 Å². The van der Waals surface area contributed by atoms with Gasteiger partial charge in [-0.3, -0.25) is 14.5 Å². The van der Waals surface area contributed by atoms with Crippen molar-refractivity contribution in [2.45, 2.75) is 26.0 Å². The molecule has 176 valence electrons. The summed E-state index contributed by atoms with van der Waals surface area (Å²) >= 11 is 0. The first-order valence-electron chi connectivity index (χ1n) is 11.1. The van der Waals surface area contributed by atoms with Gasteiger partial charge in [-0.05, 0) is 67.9 Å². The maximum Gasteiger partial charge on any atom is 0.300 e. The fourth-order valence-corrected chi connectivity index (χ4v) is 4.07. The number of benzene rings is 3. The Balaban J connectivity index is 1.91. The summed E-state index contributed by atoms with van der Waals surface area (Å²) in [6.45, 7) is 3.77. The molecule has 3 aromatic rings. The smallest absolute Gasteiger partial charge is 0.300 e. The zero-order valence-electron chi connectivity index (χ0n) is 19.6. The Labute approximate surface area is 203 Å². The number of ether oxygens (including phenoxy) is 2. The van der Waals surface area contributed by atoms with Crippen LogP contribution in [0.4, 0.5) is 5.69 Å². The lowest BCUT2D eigenvalue weighted by Crippen LogP contribution is -2.29. The predicted octanol–water partition coefficient (Wildman–Crippen LogP) is 4.98. The van der Waals surface area contributed by atoms with E-state index < -0.39 is 17.7 Å². The summed E-state index contributed by atoms with van der Waals surface area (Å²) in [6.07, 6.45) is -0.0776. The number of nitrogens with zero attached hydrogens (tertiary/aromatic N) is 2. The number of hydrogen-bond acceptors (Lipinski definition) is 6. The minimum absolute atomic E-state index is 0.0469. The van der Waals surface area contributed by atoms with Gasteiger partial charge < -0.3 is 14.6 Å². The van der Waals surface area contributed by atoms with Crippen LogP contribution in [0.15, 0.2) is 78.4 Å². The second-order valence-electron chi connectivity index (χ2n) is 8.30. The van der Waals surface area contributed by atoms with Crippen molar-refractivity contribution in [3.8, 4) is 17.6 Å². The Morgan fingerprint density at radius 2 is 1.69 bits per heavy atom. The van der Waals surface area contributed by atoms with E-state index in [1.165, 1.54) is 12.0 Å². The number of nitriles is 1. The molecule has 7 heteroatoms. The fourth-order valence-electron chi connectivity index (χ4n) is 4.07. The van der Waals surface area contributed by atoms with Gasteiger partial charge in [0.1, 0.15) is 17.3 Å². The fraction of sp³-hybridized carbons (Fsp3) is 0.179. The number of carbonyl (C=O) groups excluding carboxylic acids is 2. The van der Waals surface area contributed by atoms with Crippen LogP contribution in [-0.4, -0.2) is 30.0 Å². The average molecular weight is 469 g/mol. The molecule has 1 unspecified atom stereocenters. The number of anilines is 1. The molecule has 1 N–H and O–H groups in total. The van der Waals surface area contributed by atoms with Crippen LogP contribution in [0.1, 0.15) is 36.6 Å². The van der Waals surface area contributed by atoms with E-state index in [1.807, 2.05) is 19.9 Å². The van der Waals surface area contributed by atoms with E-state index in [0.29, 0.717) is 33.9 Å². The molecule has 1 atom stereocenters. The van der Waals surface area contributed by atoms with Crippen molar-refractivity contribution >= 4 is 23.1 Å². The van der Waals surface area contributed by atoms with Crippen molar-refractivity contribution < 1.29 is 24.2 Å². The lowest BCUT2D eigenvalue weighted by molar-refractivity contribution is -0.132. The minimum Gasteiger partial charge on any atom is -0.507 e. The standard InChI is InChI=1S/C28H24N2O5/c1-17(2)35-23-9-5-7-20(15-23)26(31)24-25(19-6-4-8-22(14-19)34-3)30(28(33)27(24)32)21-12-10-18(16-29)11-13-21/h4-15,17,25,31H,1-3H3/b26-24-. The second-order valence-corrected chi connectivity index (χ2v) is 8.30. The Morgan fingerprint density at radius 1 is 1.00 bits per heavy atom. The Morgan fingerprint density at radius 3 is 2.34 bits per heavy atom. The molecular weight excluding hydrogens is 444 g/mol. The number of Topliss-reactive ketones (excluding diaryl/α,β-unsaturated/α-hetero) is 1. The lowest BCUT2D eigenvalue weighted by Gasteiger charge is -2.25. The first-order chi connectivity index (χ1) is 16.8. The molecule has 0 aromatic heterocycles. The number of amides is 1. The highest BCUT2D eigenvalue weighted by molar-refractivity contribution is 6.51. The van der Waals surface area contributed by atoms with Gasteiger partial charge in [0.05, 0.1) is 36.5 Å². The van der Waals surface area contributed by atoms with Crippen molar-refractivity contribution in [2.24, 2.45) is 0 Å². The van der Waals surface area contributed by atoms with Crippen LogP contribution in [0.2, 0.25) is 0 Å². The molecule has 35 heavy (non-hydrogen) atoms. The van der Waals surface area contributed by atoms with E-state index in [-0.39, 0.29) is 17.4 Å². The molecule has 4 rings (SSSR count). The number of ketones is 1. The Bertz CT molecular complexity index is 1350. The average Bonchev–Trinajstić information content (AvgIpc) is 3.13. The van der Waals surface area contributed by atoms with Gasteiger partial charge in [0.2, 0.25) is 0 Å². The monoisotopic (exact) mass is 468 g/mol. The molecule has 1 amide bonds. The van der Waals surface area contributed by atoms with E-state index in [9.17, 15) is 14.7 Å². The van der Waals surface area contributed by atoms with Gasteiger partial charge in [0, 0.05) is 11.3 Å². The van der Waals surface area contributed by atoms with Crippen LogP contribution in [0, 0.1) is 11.3 Å². The number of methoxy groups -OCH3 is 1. The summed E-state index contributed by atoms with van der Waals surface area (Å²) in [7, 11) is 1.52. The summed E-state index contributed by atoms with van der Waals surface area (Å²) in [5, 5.41) is 20.5. The molecule has 0 saturated carbocycles. The molecule has 0 aliphatic carbocycles. The number of hydrogen-bond donors (Lipinski definition) is 1. The highest BCUT2D eigenvalue weighted by atomic mass is 16.5. The predicted molar refractivity (Wildman–Crippen MR) is 131 cm³/mol. The molecule has 0 bridgehead atoms. The molecule has 1 saturated heterocycles. The van der Waals surface area contributed by atoms with Crippen LogP contribution < -0.4 is 14.4 Å². The maximum atomic E-state index is 13.3. The molecule has 1 aliphatic heterocycles. The van der Waals surface area contributed by atoms with Gasteiger partial charge in [-0.25, -0.2) is 0 Å². The van der Waals surface area contributed by atoms with Crippen LogP contribution in [0.25, 0.3) is 5.76 Å². The number of aliphatic hydroxyl groups excluding tert-OH is 1. The molecule has 1 heterocycles. The quantitative estimate of drug-likeness (QED) is 0.311. The highest BCUT2D eigenvalue weighted by Crippen LogP contribution is 2.43. The van der Waals surface area contributed by atoms with Crippen LogP contribution in [0.5, 0.6) is 11.5 Å². The summed E-state index contributed by atoms with van der Waals surface area (Å²) in [5.41, 5.74) is 1.74. The molecule has 1 aliphatic rings. The number of rotatable bonds is 6. The maximum absolute atomic E-state index is 13.3. The molecule has 0 radical (unpaired) electrons. The molecule has 0 spiro atoms. The van der Waals surface area contributed by atoms with Crippen molar-refractivity contribution in [2.75, 3.05) is 12.0 Å². The van der Waals surface area contributed by atoms with Gasteiger partial charge in [0.15, 0.2) is 0 Å². The SMILES string of the molecule is COc1cccc(C2/C(=C(/O)c3cccc(OC(C)C)c3)C(=O)C(=O)N2c2ccc(C#N)cc2)c1. The van der Waals surface area contributed by atoms with E-state index in [4.69, 9.17) is 14.7 Å². The first kappa shape index (κ1) is 23.6. The normalized spacial score (nSPS) is 16.9. The third kappa shape index (κ3) is 4.59. The van der Waals surface area contributed by atoms with E-state index in [2.05, 4.69) is 0 Å². The van der Waals surface area contributed by atoms with Crippen LogP contribution in [-0.2, 0) is 9.59 Å². The van der Waals surface area contributed by atoms with E-state index in [1.54, 1.807) is 72.8 Å². The largest absolute Gasteiger partial charge is 0.507 e. The molecule has 1 fully saturated rings. The molecular formula is C28H24N2O5. The van der Waals surface area contributed by atoms with Crippen LogP contribution in [0.3, 0.4) is 0 Å². The molecule has 7 nitrogen and oxygen atoms in total. The van der Waals surface area contributed by atoms with Gasteiger partial charge in [-0.1, -0.05) is 24.3 Å². The summed E-state index contributed by atoms with van der Waals surface area (Å²) in [4.78, 5) is 27.9. The Hall–Kier alpha value is -4.57. The van der Waals surface area contributed by atoms with E-state index in [0.717, 1.165) is 0 Å². The van der Waals surface area contributed by atoms with Gasteiger partial charge >= 0.3 is 0 Å². The van der Waals surface area contributed by atoms with Crippen molar-refractivity contribution in [3.63, 3.8) is 0 Å². The van der Waals surface area contributed by atoms with E-state index >= 15 is 0 Å². The zero-order chi connectivity index (χ0) is 25.1. The number of carbonyl (C=O) groups is 2. The highest BCUT2D eigenvalue weighted by Gasteiger charge is 2.47. The summed E-state index contributed by atoms with van der Waals surface area (Å²) in [5.74, 6) is -0.821. The summed E-state index contributed by atoms with van der Waals surface area (Å²) < 4.78 is 11.1. The summed E-state index contributed by atoms with van der Waals surface area (Å²) in [6, 6.07) is 21.2. The Kier molecular flexibility index (Phi) is 6.56. The van der Waals surface area contributed by atoms with Crippen molar-refractivity contribution in [1.82, 2.24) is 0 Å². The third-order valence-corrected chi connectivity index (χ3v) is 5.61. The van der Waals surface area contributed by atoms with Gasteiger partial charge in [-0.2, -0.15) is 5.26 Å². The minimum atomic E-state index is -0.910. The van der Waals surface area contributed by atoms with Gasteiger partial charge in [0.25, 0.3) is 11.7 Å². The van der Waals surface area contributed by atoms with Crippen molar-refractivity contribution in [3.05, 3.63) is 95.1 Å². The van der Waals surface area contributed by atoms with Crippen LogP contribution >= 0.6 is 0 Å². The number of aliphatic hydroxyl groups is 1. The third-order valence-electron chi connectivity index (χ3n) is 5.61. The molecule has 3 aromatic carbocycles. The van der Waals surface area contributed by atoms with Crippen molar-refractivity contribution in [1.29, 1.82) is 5.26 Å². The first-order valence-corrected chi connectivity index (χ1v) is 11.1. The second kappa shape index (κ2) is 9.74. The topological polar surface area (TPSA) is 99.9 Å².